The number of nitrogens with one attached hydrogen (secondary N) is 2. The van der Waals surface area contributed by atoms with E-state index in [4.69, 9.17) is 4.74 Å². The molecule has 160 valence electrons. The number of carbonyl (C=O) groups is 1. The number of benzene rings is 1. The first kappa shape index (κ1) is 23.2. The zero-order valence-electron chi connectivity index (χ0n) is 17.7. The average Bonchev–Trinajstić information content (AvgIpc) is 3.11. The van der Waals surface area contributed by atoms with Gasteiger partial charge in [-0.3, -0.25) is 4.79 Å². The number of aromatic nitrogens is 3. The minimum absolute atomic E-state index is 0. The van der Waals surface area contributed by atoms with E-state index in [1.54, 1.807) is 4.68 Å². The van der Waals surface area contributed by atoms with Gasteiger partial charge in [-0.05, 0) is 75.9 Å². The molecule has 0 saturated carbocycles. The van der Waals surface area contributed by atoms with Crippen molar-refractivity contribution < 1.29 is 9.53 Å². The van der Waals surface area contributed by atoms with E-state index in [1.165, 1.54) is 0 Å². The predicted molar refractivity (Wildman–Crippen MR) is 116 cm³/mol. The second-order valence-corrected chi connectivity index (χ2v) is 8.05. The highest BCUT2D eigenvalue weighted by molar-refractivity contribution is 5.93. The first-order chi connectivity index (χ1) is 13.4. The second-order valence-electron chi connectivity index (χ2n) is 8.05. The van der Waals surface area contributed by atoms with Crippen LogP contribution < -0.4 is 15.4 Å². The van der Waals surface area contributed by atoms with E-state index in [1.807, 2.05) is 45.0 Å². The number of hydrogen-bond donors (Lipinski definition) is 2. The zero-order valence-corrected chi connectivity index (χ0v) is 18.5. The molecule has 2 N–H and O–H groups in total. The summed E-state index contributed by atoms with van der Waals surface area (Å²) in [7, 11) is 0. The monoisotopic (exact) mass is 421 g/mol. The molecule has 0 unspecified atom stereocenters. The molecule has 0 aliphatic carbocycles. The third kappa shape index (κ3) is 5.70. The predicted octanol–water partition coefficient (Wildman–Crippen LogP) is 3.16. The smallest absolute Gasteiger partial charge is 0.273 e. The summed E-state index contributed by atoms with van der Waals surface area (Å²) in [4.78, 5) is 12.8. The van der Waals surface area contributed by atoms with Crippen LogP contribution in [0, 0.1) is 5.41 Å². The molecule has 2 heterocycles. The molecule has 0 atom stereocenters. The zero-order chi connectivity index (χ0) is 20.1. The lowest BCUT2D eigenvalue weighted by atomic mass is 9.81. The fourth-order valence-corrected chi connectivity index (χ4v) is 3.53. The molecular weight excluding hydrogens is 390 g/mol. The molecule has 7 nitrogen and oxygen atoms in total. The maximum absolute atomic E-state index is 12.8. The van der Waals surface area contributed by atoms with Gasteiger partial charge in [-0.1, -0.05) is 19.1 Å². The number of carbonyl (C=O) groups excluding carboxylic acids is 1. The Morgan fingerprint density at radius 3 is 2.52 bits per heavy atom. The van der Waals surface area contributed by atoms with Gasteiger partial charge in [0.2, 0.25) is 0 Å². The van der Waals surface area contributed by atoms with Gasteiger partial charge in [0.15, 0.2) is 5.69 Å². The Balaban J connectivity index is 0.00000300. The minimum Gasteiger partial charge on any atom is -0.491 e. The summed E-state index contributed by atoms with van der Waals surface area (Å²) in [6, 6.07) is 7.69. The van der Waals surface area contributed by atoms with Crippen molar-refractivity contribution in [3.63, 3.8) is 0 Å². The van der Waals surface area contributed by atoms with E-state index in [0.717, 1.165) is 43.1 Å². The molecule has 1 aromatic heterocycles. The normalized spacial score (nSPS) is 15.6. The second kappa shape index (κ2) is 10.1. The number of nitrogens with zero attached hydrogens (tertiary/aromatic N) is 3. The van der Waals surface area contributed by atoms with Gasteiger partial charge in [0.05, 0.1) is 17.5 Å². The van der Waals surface area contributed by atoms with E-state index in [2.05, 4.69) is 27.9 Å². The van der Waals surface area contributed by atoms with Gasteiger partial charge in [-0.15, -0.1) is 17.5 Å². The van der Waals surface area contributed by atoms with Gasteiger partial charge in [-0.25, -0.2) is 4.68 Å². The standard InChI is InChI=1S/C21H31N5O2.ClH/c1-5-18-19(20(27)23-14-21(4)10-12-22-13-11-21)24-25-26(18)16-6-8-17(9-7-16)28-15(2)3;/h6-9,15,22H,5,10-14H2,1-4H3,(H,23,27);1H. The molecule has 1 saturated heterocycles. The van der Waals surface area contributed by atoms with Gasteiger partial charge >= 0.3 is 0 Å². The van der Waals surface area contributed by atoms with Crippen molar-refractivity contribution in [1.29, 1.82) is 0 Å². The third-order valence-corrected chi connectivity index (χ3v) is 5.25. The lowest BCUT2D eigenvalue weighted by Gasteiger charge is -2.34. The summed E-state index contributed by atoms with van der Waals surface area (Å²) in [5.74, 6) is 0.660. The summed E-state index contributed by atoms with van der Waals surface area (Å²) < 4.78 is 7.43. The molecule has 1 aromatic carbocycles. The highest BCUT2D eigenvalue weighted by Crippen LogP contribution is 2.27. The summed E-state index contributed by atoms with van der Waals surface area (Å²) >= 11 is 0. The summed E-state index contributed by atoms with van der Waals surface area (Å²) in [6.07, 6.45) is 2.92. The van der Waals surface area contributed by atoms with E-state index in [9.17, 15) is 4.79 Å². The van der Waals surface area contributed by atoms with Crippen LogP contribution in [0.3, 0.4) is 0 Å². The van der Waals surface area contributed by atoms with Crippen LogP contribution in [0.5, 0.6) is 5.75 Å². The first-order valence-corrected chi connectivity index (χ1v) is 10.1. The number of amides is 1. The molecule has 3 rings (SSSR count). The van der Waals surface area contributed by atoms with E-state index >= 15 is 0 Å². The molecule has 0 radical (unpaired) electrons. The van der Waals surface area contributed by atoms with E-state index in [0.29, 0.717) is 18.7 Å². The number of ether oxygens (including phenoxy) is 1. The van der Waals surface area contributed by atoms with Crippen molar-refractivity contribution in [3.8, 4) is 11.4 Å². The highest BCUT2D eigenvalue weighted by Gasteiger charge is 2.28. The van der Waals surface area contributed by atoms with Crippen LogP contribution in [0.4, 0.5) is 0 Å². The quantitative estimate of drug-likeness (QED) is 0.717. The van der Waals surface area contributed by atoms with Gasteiger partial charge in [0.25, 0.3) is 5.91 Å². The molecule has 0 spiro atoms. The van der Waals surface area contributed by atoms with Crippen LogP contribution >= 0.6 is 12.4 Å². The van der Waals surface area contributed by atoms with Crippen LogP contribution in [0.15, 0.2) is 24.3 Å². The Labute approximate surface area is 179 Å². The molecule has 8 heteroatoms. The van der Waals surface area contributed by atoms with E-state index in [-0.39, 0.29) is 29.8 Å². The molecule has 1 aliphatic rings. The fourth-order valence-electron chi connectivity index (χ4n) is 3.53. The average molecular weight is 422 g/mol. The molecule has 1 amide bonds. The van der Waals surface area contributed by atoms with Crippen molar-refractivity contribution in [2.75, 3.05) is 19.6 Å². The van der Waals surface area contributed by atoms with Crippen LogP contribution in [0.25, 0.3) is 5.69 Å². The van der Waals surface area contributed by atoms with Gasteiger partial charge in [0.1, 0.15) is 5.75 Å². The van der Waals surface area contributed by atoms with Crippen LogP contribution in [0.1, 0.15) is 56.7 Å². The van der Waals surface area contributed by atoms with E-state index < -0.39 is 0 Å². The van der Waals surface area contributed by atoms with Crippen molar-refractivity contribution in [2.45, 2.75) is 53.1 Å². The number of rotatable bonds is 7. The van der Waals surface area contributed by atoms with Gasteiger partial charge < -0.3 is 15.4 Å². The lowest BCUT2D eigenvalue weighted by molar-refractivity contribution is 0.0916. The van der Waals surface area contributed by atoms with Crippen LogP contribution in [-0.4, -0.2) is 46.6 Å². The number of hydrogen-bond acceptors (Lipinski definition) is 5. The van der Waals surface area contributed by atoms with Gasteiger partial charge in [0, 0.05) is 6.54 Å². The summed E-state index contributed by atoms with van der Waals surface area (Å²) in [5.41, 5.74) is 2.22. The number of halogens is 1. The first-order valence-electron chi connectivity index (χ1n) is 10.1. The van der Waals surface area contributed by atoms with Crippen molar-refractivity contribution in [3.05, 3.63) is 35.7 Å². The molecule has 1 fully saturated rings. The third-order valence-electron chi connectivity index (χ3n) is 5.25. The van der Waals surface area contributed by atoms with Crippen molar-refractivity contribution in [2.24, 2.45) is 5.41 Å². The Morgan fingerprint density at radius 1 is 1.28 bits per heavy atom. The number of piperidine rings is 1. The lowest BCUT2D eigenvalue weighted by Crippen LogP contribution is -2.43. The van der Waals surface area contributed by atoms with Gasteiger partial charge in [-0.2, -0.15) is 0 Å². The topological polar surface area (TPSA) is 81.1 Å². The summed E-state index contributed by atoms with van der Waals surface area (Å²) in [6.45, 7) is 10.9. The highest BCUT2D eigenvalue weighted by atomic mass is 35.5. The summed E-state index contributed by atoms with van der Waals surface area (Å²) in [5, 5.41) is 14.9. The maximum atomic E-state index is 12.8. The fraction of sp³-hybridized carbons (Fsp3) is 0.571. The molecule has 1 aliphatic heterocycles. The van der Waals surface area contributed by atoms with Crippen LogP contribution in [-0.2, 0) is 6.42 Å². The maximum Gasteiger partial charge on any atom is 0.273 e. The largest absolute Gasteiger partial charge is 0.491 e. The molecule has 0 bridgehead atoms. The Bertz CT molecular complexity index is 798. The van der Waals surface area contributed by atoms with Crippen LogP contribution in [0.2, 0.25) is 0 Å². The minimum atomic E-state index is -0.150. The Morgan fingerprint density at radius 2 is 1.93 bits per heavy atom. The molecular formula is C21H32ClN5O2. The SMILES string of the molecule is CCc1c(C(=O)NCC2(C)CCNCC2)nnn1-c1ccc(OC(C)C)cc1.Cl. The van der Waals surface area contributed by atoms with Crippen molar-refractivity contribution in [1.82, 2.24) is 25.6 Å². The van der Waals surface area contributed by atoms with Crippen molar-refractivity contribution >= 4 is 18.3 Å². The Hall–Kier alpha value is -2.12. The molecule has 29 heavy (non-hydrogen) atoms. The Kier molecular flexibility index (Phi) is 8.05. The molecule has 2 aromatic rings.